The summed E-state index contributed by atoms with van der Waals surface area (Å²) >= 11 is 0. The zero-order valence-electron chi connectivity index (χ0n) is 18.5. The average Bonchev–Trinajstić information content (AvgIpc) is 2.80. The highest BCUT2D eigenvalue weighted by molar-refractivity contribution is 5.76. The molecule has 1 aliphatic rings. The third-order valence-corrected chi connectivity index (χ3v) is 4.37. The smallest absolute Gasteiger partial charge is 0.184 e. The highest BCUT2D eigenvalue weighted by Gasteiger charge is 2.33. The van der Waals surface area contributed by atoms with Crippen LogP contribution in [0.5, 0.6) is 0 Å². The summed E-state index contributed by atoms with van der Waals surface area (Å²) in [4.78, 5) is 11.1. The third-order valence-electron chi connectivity index (χ3n) is 4.37. The number of hydrogen-bond donors (Lipinski definition) is 0. The van der Waals surface area contributed by atoms with Crippen molar-refractivity contribution in [1.29, 1.82) is 0 Å². The number of rotatable bonds is 6. The van der Waals surface area contributed by atoms with E-state index in [1.54, 1.807) is 6.92 Å². The van der Waals surface area contributed by atoms with E-state index in [0.717, 1.165) is 17.5 Å². The summed E-state index contributed by atoms with van der Waals surface area (Å²) in [6, 6.07) is 20.3. The van der Waals surface area contributed by atoms with Crippen molar-refractivity contribution in [3.05, 3.63) is 83.9 Å². The molecule has 1 aliphatic heterocycles. The minimum absolute atomic E-state index is 0.0258. The fraction of sp³-hybridized carbons (Fsp3) is 0.423. The molecule has 3 nitrogen and oxygen atoms in total. The summed E-state index contributed by atoms with van der Waals surface area (Å²) in [5.41, 5.74) is 2.20. The van der Waals surface area contributed by atoms with Crippen molar-refractivity contribution in [1.82, 2.24) is 0 Å². The lowest BCUT2D eigenvalue weighted by molar-refractivity contribution is -0.243. The molecule has 0 N–H and O–H groups in total. The van der Waals surface area contributed by atoms with E-state index in [1.165, 1.54) is 0 Å². The molecule has 0 amide bonds. The van der Waals surface area contributed by atoms with Gasteiger partial charge in [0.05, 0.1) is 12.7 Å². The van der Waals surface area contributed by atoms with E-state index in [-0.39, 0.29) is 24.1 Å². The number of carbonyl (C=O) groups is 1. The minimum Gasteiger partial charge on any atom is -0.348 e. The molecule has 158 valence electrons. The van der Waals surface area contributed by atoms with Gasteiger partial charge in [-0.1, -0.05) is 101 Å². The molecule has 3 atom stereocenters. The quantitative estimate of drug-likeness (QED) is 0.490. The first kappa shape index (κ1) is 24.8. The van der Waals surface area contributed by atoms with Gasteiger partial charge in [-0.2, -0.15) is 0 Å². The first-order valence-corrected chi connectivity index (χ1v) is 10.8. The zero-order chi connectivity index (χ0) is 21.5. The van der Waals surface area contributed by atoms with Crippen molar-refractivity contribution in [2.24, 2.45) is 5.92 Å². The molecule has 0 unspecified atom stereocenters. The first-order valence-electron chi connectivity index (χ1n) is 10.8. The second-order valence-corrected chi connectivity index (χ2v) is 6.42. The van der Waals surface area contributed by atoms with Crippen LogP contribution in [0.25, 0.3) is 0 Å². The van der Waals surface area contributed by atoms with Gasteiger partial charge in [0.25, 0.3) is 0 Å². The van der Waals surface area contributed by atoms with E-state index in [4.69, 9.17) is 9.47 Å². The average molecular weight is 397 g/mol. The molecule has 0 radical (unpaired) electrons. The predicted octanol–water partition coefficient (Wildman–Crippen LogP) is 7.07. The largest absolute Gasteiger partial charge is 0.348 e. The summed E-state index contributed by atoms with van der Waals surface area (Å²) in [6.07, 6.45) is 4.95. The van der Waals surface area contributed by atoms with Crippen LogP contribution in [0.15, 0.2) is 72.8 Å². The molecule has 0 aliphatic carbocycles. The Balaban J connectivity index is 0.000000989. The van der Waals surface area contributed by atoms with Gasteiger partial charge in [-0.05, 0) is 18.9 Å². The Kier molecular flexibility index (Phi) is 12.6. The summed E-state index contributed by atoms with van der Waals surface area (Å²) in [7, 11) is 0. The molecular formula is C26H36O3. The molecule has 0 bridgehead atoms. The maximum absolute atomic E-state index is 11.1. The van der Waals surface area contributed by atoms with Crippen LogP contribution in [0.1, 0.15) is 71.0 Å². The van der Waals surface area contributed by atoms with Gasteiger partial charge in [-0.25, -0.2) is 0 Å². The molecule has 3 heteroatoms. The number of allylic oxidation sites excluding steroid dienone is 2. The molecule has 2 aromatic carbocycles. The molecular weight excluding hydrogens is 360 g/mol. The number of benzene rings is 2. The lowest BCUT2D eigenvalue weighted by Crippen LogP contribution is -2.30. The van der Waals surface area contributed by atoms with E-state index >= 15 is 0 Å². The molecule has 0 spiro atoms. The standard InChI is InChI=1S/C22H24O3.2C2H6/c1-17(23)10-8-9-15-20-16-24-22(19-13-6-3-7-14-19)25-21(20)18-11-4-2-5-12-18;2*1-2/h2-9,11-14,20-22H,10,15-16H2,1H3;2*1-2H3/b9-8-;;/t20-,21-,22+;;/m1../s1. The van der Waals surface area contributed by atoms with E-state index in [2.05, 4.69) is 18.2 Å². The number of ketones is 1. The number of carbonyl (C=O) groups excluding carboxylic acids is 1. The second-order valence-electron chi connectivity index (χ2n) is 6.42. The lowest BCUT2D eigenvalue weighted by Gasteiger charge is -2.36. The van der Waals surface area contributed by atoms with Crippen molar-refractivity contribution in [2.75, 3.05) is 6.61 Å². The topological polar surface area (TPSA) is 35.5 Å². The van der Waals surface area contributed by atoms with Crippen LogP contribution in [0.2, 0.25) is 0 Å². The summed E-state index contributed by atoms with van der Waals surface area (Å²) < 4.78 is 12.3. The van der Waals surface area contributed by atoms with Crippen molar-refractivity contribution in [3.63, 3.8) is 0 Å². The van der Waals surface area contributed by atoms with Crippen LogP contribution in [-0.4, -0.2) is 12.4 Å². The molecule has 3 rings (SSSR count). The highest BCUT2D eigenvalue weighted by Crippen LogP contribution is 2.39. The summed E-state index contributed by atoms with van der Waals surface area (Å²) in [6.45, 7) is 10.2. The van der Waals surface area contributed by atoms with Gasteiger partial charge in [0, 0.05) is 17.9 Å². The van der Waals surface area contributed by atoms with E-state index in [9.17, 15) is 4.79 Å². The monoisotopic (exact) mass is 396 g/mol. The number of hydrogen-bond acceptors (Lipinski definition) is 3. The van der Waals surface area contributed by atoms with Crippen molar-refractivity contribution in [2.45, 2.75) is 59.9 Å². The van der Waals surface area contributed by atoms with Crippen LogP contribution < -0.4 is 0 Å². The van der Waals surface area contributed by atoms with Gasteiger partial charge in [-0.3, -0.25) is 4.79 Å². The van der Waals surface area contributed by atoms with E-state index in [1.807, 2.05) is 82.3 Å². The molecule has 29 heavy (non-hydrogen) atoms. The van der Waals surface area contributed by atoms with Crippen LogP contribution in [0.3, 0.4) is 0 Å². The van der Waals surface area contributed by atoms with Crippen LogP contribution in [-0.2, 0) is 14.3 Å². The van der Waals surface area contributed by atoms with Gasteiger partial charge >= 0.3 is 0 Å². The van der Waals surface area contributed by atoms with E-state index in [0.29, 0.717) is 13.0 Å². The molecule has 0 aromatic heterocycles. The Morgan fingerprint density at radius 1 is 0.897 bits per heavy atom. The Morgan fingerprint density at radius 3 is 2.00 bits per heavy atom. The Hall–Kier alpha value is -2.23. The fourth-order valence-corrected chi connectivity index (χ4v) is 3.07. The normalized spacial score (nSPS) is 20.8. The molecule has 0 saturated carbocycles. The third kappa shape index (κ3) is 8.35. The Labute approximate surface area is 176 Å². The number of ether oxygens (including phenoxy) is 2. The maximum Gasteiger partial charge on any atom is 0.184 e. The van der Waals surface area contributed by atoms with Crippen LogP contribution in [0, 0.1) is 5.92 Å². The van der Waals surface area contributed by atoms with Crippen molar-refractivity contribution >= 4 is 5.78 Å². The van der Waals surface area contributed by atoms with E-state index < -0.39 is 0 Å². The molecule has 1 heterocycles. The van der Waals surface area contributed by atoms with Gasteiger partial charge < -0.3 is 9.47 Å². The predicted molar refractivity (Wildman–Crippen MR) is 121 cm³/mol. The Morgan fingerprint density at radius 2 is 1.45 bits per heavy atom. The van der Waals surface area contributed by atoms with Crippen molar-refractivity contribution < 1.29 is 14.3 Å². The first-order chi connectivity index (χ1) is 14.2. The SMILES string of the molecule is CC.CC.CC(=O)C/C=C\C[C@@H]1CO[C@H](c2ccccc2)O[C@@H]1c1ccccc1. The number of Topliss-reactive ketones (excluding diaryl/α,β-unsaturated/α-hetero) is 1. The minimum atomic E-state index is -0.344. The van der Waals surface area contributed by atoms with Gasteiger partial charge in [0.2, 0.25) is 0 Å². The summed E-state index contributed by atoms with van der Waals surface area (Å²) in [5.74, 6) is 0.404. The second kappa shape index (κ2) is 14.7. The van der Waals surface area contributed by atoms with Crippen molar-refractivity contribution in [3.8, 4) is 0 Å². The molecule has 1 saturated heterocycles. The lowest BCUT2D eigenvalue weighted by atomic mass is 9.92. The summed E-state index contributed by atoms with van der Waals surface area (Å²) in [5, 5.41) is 0. The molecule has 1 fully saturated rings. The fourth-order valence-electron chi connectivity index (χ4n) is 3.07. The van der Waals surface area contributed by atoms with Gasteiger partial charge in [0.1, 0.15) is 5.78 Å². The molecule has 2 aromatic rings. The zero-order valence-corrected chi connectivity index (χ0v) is 18.5. The highest BCUT2D eigenvalue weighted by atomic mass is 16.7. The maximum atomic E-state index is 11.1. The van der Waals surface area contributed by atoms with Crippen LogP contribution >= 0.6 is 0 Å². The van der Waals surface area contributed by atoms with Gasteiger partial charge in [-0.15, -0.1) is 0 Å². The van der Waals surface area contributed by atoms with Gasteiger partial charge in [0.15, 0.2) is 6.29 Å². The van der Waals surface area contributed by atoms with Crippen LogP contribution in [0.4, 0.5) is 0 Å². The Bertz CT molecular complexity index is 694.